The summed E-state index contributed by atoms with van der Waals surface area (Å²) in [4.78, 5) is 3.87. The Morgan fingerprint density at radius 1 is 1.16 bits per heavy atom. The molecule has 0 amide bonds. The van der Waals surface area contributed by atoms with Gasteiger partial charge in [0.05, 0.1) is 16.3 Å². The minimum Gasteiger partial charge on any atom is -0.258 e. The highest BCUT2D eigenvalue weighted by Crippen LogP contribution is 2.34. The monoisotopic (exact) mass is 285 g/mol. The van der Waals surface area contributed by atoms with Gasteiger partial charge in [-0.3, -0.25) is 4.98 Å². The third-order valence-electron chi connectivity index (χ3n) is 2.91. The maximum Gasteiger partial charge on any atom is 0.417 e. The fourth-order valence-electron chi connectivity index (χ4n) is 1.82. The zero-order valence-electron chi connectivity index (χ0n) is 10.1. The van der Waals surface area contributed by atoms with Crippen LogP contribution in [0.5, 0.6) is 0 Å². The average Bonchev–Trinajstić information content (AvgIpc) is 2.38. The fraction of sp³-hybridized carbons (Fsp3) is 0.214. The first-order valence-electron chi connectivity index (χ1n) is 5.67. The average molecular weight is 286 g/mol. The fourth-order valence-corrected chi connectivity index (χ4v) is 2.15. The molecule has 0 aliphatic heterocycles. The Morgan fingerprint density at radius 3 is 2.32 bits per heavy atom. The smallest absolute Gasteiger partial charge is 0.258 e. The number of rotatable bonds is 2. The third-order valence-corrected chi connectivity index (χ3v) is 3.21. The predicted octanol–water partition coefficient (Wildman–Crippen LogP) is 4.91. The summed E-state index contributed by atoms with van der Waals surface area (Å²) in [5, 5.41) is 0.0335. The Labute approximate surface area is 114 Å². The molecule has 0 radical (unpaired) electrons. The molecule has 0 spiro atoms. The van der Waals surface area contributed by atoms with Crippen molar-refractivity contribution in [2.75, 3.05) is 0 Å². The molecular weight excluding hydrogens is 275 g/mol. The van der Waals surface area contributed by atoms with Crippen molar-refractivity contribution in [1.29, 1.82) is 0 Å². The summed E-state index contributed by atoms with van der Waals surface area (Å²) < 4.78 is 37.6. The lowest BCUT2D eigenvalue weighted by atomic mass is 9.97. The molecule has 0 aliphatic carbocycles. The second-order valence-electron chi connectivity index (χ2n) is 4.22. The molecule has 1 heterocycles. The van der Waals surface area contributed by atoms with Gasteiger partial charge in [0.25, 0.3) is 0 Å². The van der Waals surface area contributed by atoms with Gasteiger partial charge < -0.3 is 0 Å². The minimum atomic E-state index is -4.43. The summed E-state index contributed by atoms with van der Waals surface area (Å²) in [6, 6.07) is 10.3. The Bertz CT molecular complexity index is 567. The van der Waals surface area contributed by atoms with E-state index in [9.17, 15) is 13.2 Å². The molecule has 19 heavy (non-hydrogen) atoms. The highest BCUT2D eigenvalue weighted by atomic mass is 35.5. The van der Waals surface area contributed by atoms with Gasteiger partial charge in [-0.1, -0.05) is 48.9 Å². The van der Waals surface area contributed by atoms with Gasteiger partial charge in [-0.2, -0.15) is 13.2 Å². The standard InChI is InChI=1S/C14H11ClF3N/c1-9(10-5-3-2-4-6-10)13-12(15)7-11(8-19-13)14(16,17)18/h2-9H,1H3. The minimum absolute atomic E-state index is 0.0335. The van der Waals surface area contributed by atoms with E-state index in [1.807, 2.05) is 37.3 Å². The molecule has 1 aromatic carbocycles. The molecule has 1 atom stereocenters. The molecule has 100 valence electrons. The van der Waals surface area contributed by atoms with Crippen molar-refractivity contribution in [1.82, 2.24) is 4.98 Å². The number of aromatic nitrogens is 1. The Kier molecular flexibility index (Phi) is 3.80. The van der Waals surface area contributed by atoms with Gasteiger partial charge in [0, 0.05) is 12.1 Å². The van der Waals surface area contributed by atoms with Crippen molar-refractivity contribution in [2.24, 2.45) is 0 Å². The lowest BCUT2D eigenvalue weighted by Gasteiger charge is -2.14. The first kappa shape index (κ1) is 13.9. The van der Waals surface area contributed by atoms with Crippen molar-refractivity contribution in [3.63, 3.8) is 0 Å². The highest BCUT2D eigenvalue weighted by Gasteiger charge is 2.32. The lowest BCUT2D eigenvalue weighted by molar-refractivity contribution is -0.137. The molecule has 0 saturated carbocycles. The van der Waals surface area contributed by atoms with E-state index >= 15 is 0 Å². The number of benzene rings is 1. The van der Waals surface area contributed by atoms with E-state index in [1.165, 1.54) is 0 Å². The predicted molar refractivity (Wildman–Crippen MR) is 68.2 cm³/mol. The van der Waals surface area contributed by atoms with Crippen LogP contribution in [0.4, 0.5) is 13.2 Å². The third kappa shape index (κ3) is 3.07. The Balaban J connectivity index is 2.37. The van der Waals surface area contributed by atoms with Gasteiger partial charge in [-0.05, 0) is 11.6 Å². The Hall–Kier alpha value is -1.55. The quantitative estimate of drug-likeness (QED) is 0.764. The molecule has 1 nitrogen and oxygen atoms in total. The molecule has 0 aliphatic rings. The Morgan fingerprint density at radius 2 is 1.79 bits per heavy atom. The molecule has 2 rings (SSSR count). The molecule has 0 saturated heterocycles. The summed E-state index contributed by atoms with van der Waals surface area (Å²) in [5.41, 5.74) is 0.569. The van der Waals surface area contributed by atoms with Gasteiger partial charge in [0.2, 0.25) is 0 Å². The molecule has 0 fully saturated rings. The summed E-state index contributed by atoms with van der Waals surface area (Å²) >= 11 is 5.92. The molecule has 0 N–H and O–H groups in total. The number of nitrogens with zero attached hydrogens (tertiary/aromatic N) is 1. The van der Waals surface area contributed by atoms with E-state index in [1.54, 1.807) is 0 Å². The highest BCUT2D eigenvalue weighted by molar-refractivity contribution is 6.31. The van der Waals surface area contributed by atoms with E-state index in [-0.39, 0.29) is 10.9 Å². The van der Waals surface area contributed by atoms with Gasteiger partial charge in [0.1, 0.15) is 0 Å². The van der Waals surface area contributed by atoms with E-state index < -0.39 is 11.7 Å². The van der Waals surface area contributed by atoms with Crippen LogP contribution in [0.3, 0.4) is 0 Å². The van der Waals surface area contributed by atoms with Crippen LogP contribution >= 0.6 is 11.6 Å². The zero-order chi connectivity index (χ0) is 14.0. The van der Waals surface area contributed by atoms with Crippen molar-refractivity contribution in [3.05, 3.63) is 64.4 Å². The SMILES string of the molecule is CC(c1ccccc1)c1ncc(C(F)(F)F)cc1Cl. The molecule has 1 aromatic heterocycles. The number of hydrogen-bond acceptors (Lipinski definition) is 1. The van der Waals surface area contributed by atoms with Gasteiger partial charge in [-0.15, -0.1) is 0 Å². The maximum absolute atomic E-state index is 12.5. The maximum atomic E-state index is 12.5. The number of hydrogen-bond donors (Lipinski definition) is 0. The van der Waals surface area contributed by atoms with Crippen LogP contribution in [-0.4, -0.2) is 4.98 Å². The van der Waals surface area contributed by atoms with Gasteiger partial charge in [0.15, 0.2) is 0 Å². The first-order valence-corrected chi connectivity index (χ1v) is 6.05. The van der Waals surface area contributed by atoms with Crippen LogP contribution < -0.4 is 0 Å². The number of pyridine rings is 1. The van der Waals surface area contributed by atoms with Gasteiger partial charge in [-0.25, -0.2) is 0 Å². The zero-order valence-corrected chi connectivity index (χ0v) is 10.8. The summed E-state index contributed by atoms with van der Waals surface area (Å²) in [6.45, 7) is 1.86. The lowest BCUT2D eigenvalue weighted by Crippen LogP contribution is -2.08. The molecule has 1 unspecified atom stereocenters. The normalized spacial score (nSPS) is 13.3. The summed E-state index contributed by atoms with van der Waals surface area (Å²) in [5.74, 6) is -0.156. The summed E-state index contributed by atoms with van der Waals surface area (Å²) in [7, 11) is 0. The first-order chi connectivity index (χ1) is 8.89. The van der Waals surface area contributed by atoms with E-state index in [4.69, 9.17) is 11.6 Å². The molecule has 2 aromatic rings. The molecule has 0 bridgehead atoms. The van der Waals surface area contributed by atoms with E-state index in [2.05, 4.69) is 4.98 Å². The topological polar surface area (TPSA) is 12.9 Å². The van der Waals surface area contributed by atoms with Crippen molar-refractivity contribution in [2.45, 2.75) is 19.0 Å². The van der Waals surface area contributed by atoms with Crippen LogP contribution in [0.2, 0.25) is 5.02 Å². The van der Waals surface area contributed by atoms with E-state index in [0.717, 1.165) is 17.8 Å². The van der Waals surface area contributed by atoms with Crippen LogP contribution in [0.15, 0.2) is 42.6 Å². The van der Waals surface area contributed by atoms with Crippen molar-refractivity contribution >= 4 is 11.6 Å². The van der Waals surface area contributed by atoms with Crippen LogP contribution in [0.1, 0.15) is 29.7 Å². The second kappa shape index (κ2) is 5.21. The number of alkyl halides is 3. The van der Waals surface area contributed by atoms with Crippen LogP contribution in [0.25, 0.3) is 0 Å². The van der Waals surface area contributed by atoms with Crippen LogP contribution in [0, 0.1) is 0 Å². The molecular formula is C14H11ClF3N. The van der Waals surface area contributed by atoms with Gasteiger partial charge >= 0.3 is 6.18 Å². The van der Waals surface area contributed by atoms with E-state index in [0.29, 0.717) is 5.69 Å². The largest absolute Gasteiger partial charge is 0.417 e. The van der Waals surface area contributed by atoms with Crippen molar-refractivity contribution < 1.29 is 13.2 Å². The second-order valence-corrected chi connectivity index (χ2v) is 4.63. The van der Waals surface area contributed by atoms with Crippen molar-refractivity contribution in [3.8, 4) is 0 Å². The summed E-state index contributed by atoms with van der Waals surface area (Å²) in [6.07, 6.45) is -3.61. The number of halogens is 4. The molecule has 5 heteroatoms. The van der Waals surface area contributed by atoms with Crippen LogP contribution in [-0.2, 0) is 6.18 Å².